The van der Waals surface area contributed by atoms with Crippen molar-refractivity contribution in [2.75, 3.05) is 38.6 Å². The summed E-state index contributed by atoms with van der Waals surface area (Å²) >= 11 is 3.80. The van der Waals surface area contributed by atoms with Gasteiger partial charge < -0.3 is 14.4 Å². The highest BCUT2D eigenvalue weighted by Crippen LogP contribution is 2.37. The zero-order chi connectivity index (χ0) is 16.4. The van der Waals surface area contributed by atoms with Crippen molar-refractivity contribution in [1.82, 2.24) is 4.90 Å². The molecule has 3 nitrogen and oxygen atoms in total. The number of thioether (sulfide) groups is 1. The maximum Gasteiger partial charge on any atom is 0.185 e. The summed E-state index contributed by atoms with van der Waals surface area (Å²) in [5, 5.41) is 0. The number of likely N-dealkylation sites (N-methyl/N-ethyl adjacent to an activating group) is 1. The second-order valence-corrected chi connectivity index (χ2v) is 7.58. The number of ether oxygens (including phenoxy) is 2. The maximum atomic E-state index is 5.80. The van der Waals surface area contributed by atoms with Crippen LogP contribution < -0.4 is 0 Å². The van der Waals surface area contributed by atoms with Gasteiger partial charge in [0, 0.05) is 30.2 Å². The van der Waals surface area contributed by atoms with Crippen LogP contribution in [-0.4, -0.2) is 43.5 Å². The van der Waals surface area contributed by atoms with E-state index in [1.807, 2.05) is 36.9 Å². The van der Waals surface area contributed by atoms with Gasteiger partial charge in [0.15, 0.2) is 6.29 Å². The molecule has 0 spiro atoms. The van der Waals surface area contributed by atoms with Crippen LogP contribution in [0.15, 0.2) is 10.3 Å². The molecule has 0 bridgehead atoms. The van der Waals surface area contributed by atoms with Crippen LogP contribution in [0.1, 0.15) is 51.3 Å². The number of hydrogen-bond donors (Lipinski definition) is 0. The third-order valence-corrected chi connectivity index (χ3v) is 5.91. The Morgan fingerprint density at radius 1 is 1.09 bits per heavy atom. The van der Waals surface area contributed by atoms with Gasteiger partial charge in [-0.2, -0.15) is 0 Å². The Kier molecular flexibility index (Phi) is 10.4. The minimum Gasteiger partial charge on any atom is -0.349 e. The Morgan fingerprint density at radius 2 is 1.73 bits per heavy atom. The largest absolute Gasteiger partial charge is 0.349 e. The van der Waals surface area contributed by atoms with Crippen molar-refractivity contribution in [2.24, 2.45) is 0 Å². The quantitative estimate of drug-likeness (QED) is 0.400. The summed E-state index contributed by atoms with van der Waals surface area (Å²) in [4.78, 5) is 3.90. The fourth-order valence-electron chi connectivity index (χ4n) is 2.31. The normalized spacial score (nSPS) is 11.8. The first-order chi connectivity index (χ1) is 10.7. The third-order valence-electron chi connectivity index (χ3n) is 3.51. The molecule has 0 radical (unpaired) electrons. The van der Waals surface area contributed by atoms with Crippen LogP contribution >= 0.6 is 23.1 Å². The second kappa shape index (κ2) is 11.5. The van der Waals surface area contributed by atoms with Crippen LogP contribution in [0.25, 0.3) is 0 Å². The van der Waals surface area contributed by atoms with E-state index in [0.29, 0.717) is 13.2 Å². The molecule has 0 aliphatic rings. The van der Waals surface area contributed by atoms with Crippen molar-refractivity contribution in [3.63, 3.8) is 0 Å². The summed E-state index contributed by atoms with van der Waals surface area (Å²) in [6.45, 7) is 15.4. The van der Waals surface area contributed by atoms with E-state index in [9.17, 15) is 0 Å². The predicted molar refractivity (Wildman–Crippen MR) is 98.2 cm³/mol. The first kappa shape index (κ1) is 20.0. The number of rotatable bonds is 12. The van der Waals surface area contributed by atoms with E-state index in [0.717, 1.165) is 31.8 Å². The van der Waals surface area contributed by atoms with Gasteiger partial charge in [-0.15, -0.1) is 23.1 Å². The van der Waals surface area contributed by atoms with E-state index >= 15 is 0 Å². The Labute approximate surface area is 144 Å². The highest BCUT2D eigenvalue weighted by atomic mass is 32.2. The maximum absolute atomic E-state index is 5.80. The smallest absolute Gasteiger partial charge is 0.185 e. The first-order valence-electron chi connectivity index (χ1n) is 8.40. The van der Waals surface area contributed by atoms with Gasteiger partial charge in [-0.25, -0.2) is 0 Å². The van der Waals surface area contributed by atoms with Gasteiger partial charge in [-0.05, 0) is 45.2 Å². The number of thiophene rings is 1. The highest BCUT2D eigenvalue weighted by molar-refractivity contribution is 8.01. The van der Waals surface area contributed by atoms with Crippen molar-refractivity contribution < 1.29 is 9.47 Å². The molecule has 0 aromatic carbocycles. The summed E-state index contributed by atoms with van der Waals surface area (Å²) in [5.41, 5.74) is 1.22. The fourth-order valence-corrected chi connectivity index (χ4v) is 4.69. The van der Waals surface area contributed by atoms with Gasteiger partial charge in [0.2, 0.25) is 0 Å². The number of nitrogens with zero attached hydrogens (tertiary/aromatic N) is 1. The Bertz CT molecular complexity index is 399. The minimum atomic E-state index is -0.220. The summed E-state index contributed by atoms with van der Waals surface area (Å²) < 4.78 is 12.9. The molecule has 0 atom stereocenters. The average Bonchev–Trinajstić information content (AvgIpc) is 2.91. The Hall–Kier alpha value is -0.0700. The molecular formula is C17H31NO2S2. The van der Waals surface area contributed by atoms with Crippen LogP contribution in [0.3, 0.4) is 0 Å². The molecule has 1 aromatic rings. The summed E-state index contributed by atoms with van der Waals surface area (Å²) in [5.74, 6) is 1.08. The Balaban J connectivity index is 2.85. The third kappa shape index (κ3) is 6.20. The predicted octanol–water partition coefficient (Wildman–Crippen LogP) is 4.82. The van der Waals surface area contributed by atoms with Crippen molar-refractivity contribution >= 4 is 23.1 Å². The zero-order valence-corrected chi connectivity index (χ0v) is 16.3. The molecular weight excluding hydrogens is 314 g/mol. The van der Waals surface area contributed by atoms with Crippen molar-refractivity contribution in [3.8, 4) is 0 Å². The summed E-state index contributed by atoms with van der Waals surface area (Å²) in [6, 6.07) is 2.29. The molecule has 1 rings (SSSR count). The molecule has 5 heteroatoms. The Morgan fingerprint density at radius 3 is 2.23 bits per heavy atom. The van der Waals surface area contributed by atoms with Crippen LogP contribution in [0.5, 0.6) is 0 Å². The van der Waals surface area contributed by atoms with Gasteiger partial charge >= 0.3 is 0 Å². The molecule has 1 aromatic heterocycles. The molecule has 0 fully saturated rings. The van der Waals surface area contributed by atoms with Crippen LogP contribution in [0, 0.1) is 0 Å². The molecule has 1 heterocycles. The fraction of sp³-hybridized carbons (Fsp3) is 0.765. The standard InChI is InChI=1S/C17H31NO2S2/c1-6-18(7-2)12-11-14-13-15(17(22-14)21-10-5)16(19-8-3)20-9-4/h13,16H,6-12H2,1-5H3. The number of hydrogen-bond acceptors (Lipinski definition) is 5. The second-order valence-electron chi connectivity index (χ2n) is 4.91. The SMILES string of the molecule is CCOC(OCC)c1cc(CCN(CC)CC)sc1SCC. The lowest BCUT2D eigenvalue weighted by Crippen LogP contribution is -2.25. The first-order valence-corrected chi connectivity index (χ1v) is 10.2. The topological polar surface area (TPSA) is 21.7 Å². The van der Waals surface area contributed by atoms with Gasteiger partial charge in [0.25, 0.3) is 0 Å². The van der Waals surface area contributed by atoms with E-state index < -0.39 is 0 Å². The molecule has 0 saturated heterocycles. The zero-order valence-electron chi connectivity index (χ0n) is 14.7. The monoisotopic (exact) mass is 345 g/mol. The minimum absolute atomic E-state index is 0.220. The molecule has 128 valence electrons. The molecule has 0 N–H and O–H groups in total. The summed E-state index contributed by atoms with van der Waals surface area (Å²) in [7, 11) is 0. The lowest BCUT2D eigenvalue weighted by Gasteiger charge is -2.17. The van der Waals surface area contributed by atoms with Crippen molar-refractivity contribution in [2.45, 2.75) is 51.5 Å². The molecule has 0 aliphatic carbocycles. The summed E-state index contributed by atoms with van der Waals surface area (Å²) in [6.07, 6.45) is 0.886. The van der Waals surface area contributed by atoms with Crippen molar-refractivity contribution in [3.05, 3.63) is 16.5 Å². The van der Waals surface area contributed by atoms with Gasteiger partial charge in [0.05, 0.1) is 4.21 Å². The van der Waals surface area contributed by atoms with Crippen molar-refractivity contribution in [1.29, 1.82) is 0 Å². The van der Waals surface area contributed by atoms with Gasteiger partial charge in [0.1, 0.15) is 0 Å². The van der Waals surface area contributed by atoms with E-state index in [4.69, 9.17) is 9.47 Å². The lowest BCUT2D eigenvalue weighted by molar-refractivity contribution is -0.141. The van der Waals surface area contributed by atoms with Gasteiger partial charge in [-0.3, -0.25) is 0 Å². The molecule has 22 heavy (non-hydrogen) atoms. The average molecular weight is 346 g/mol. The molecule has 0 amide bonds. The van der Waals surface area contributed by atoms with Crippen LogP contribution in [0.2, 0.25) is 0 Å². The molecule has 0 saturated carbocycles. The van der Waals surface area contributed by atoms with E-state index in [1.54, 1.807) is 0 Å². The van der Waals surface area contributed by atoms with Crippen LogP contribution in [-0.2, 0) is 15.9 Å². The van der Waals surface area contributed by atoms with E-state index in [1.165, 1.54) is 14.6 Å². The van der Waals surface area contributed by atoms with Gasteiger partial charge in [-0.1, -0.05) is 20.8 Å². The van der Waals surface area contributed by atoms with E-state index in [-0.39, 0.29) is 6.29 Å². The molecule has 0 unspecified atom stereocenters. The highest BCUT2D eigenvalue weighted by Gasteiger charge is 2.19. The van der Waals surface area contributed by atoms with E-state index in [2.05, 4.69) is 31.7 Å². The van der Waals surface area contributed by atoms with Crippen LogP contribution in [0.4, 0.5) is 0 Å². The lowest BCUT2D eigenvalue weighted by atomic mass is 10.2. The molecule has 0 aliphatic heterocycles.